The maximum atomic E-state index is 5.38. The van der Waals surface area contributed by atoms with Gasteiger partial charge in [0.25, 0.3) is 0 Å². The van der Waals surface area contributed by atoms with Crippen LogP contribution in [0.2, 0.25) is 0 Å². The largest absolute Gasteiger partial charge is 0.493 e. The maximum absolute atomic E-state index is 5.38. The van der Waals surface area contributed by atoms with Crippen molar-refractivity contribution in [1.82, 2.24) is 10.1 Å². The molecule has 7 heteroatoms. The molecule has 0 saturated heterocycles. The lowest BCUT2D eigenvalue weighted by molar-refractivity contribution is 0.354. The predicted molar refractivity (Wildman–Crippen MR) is 95.2 cm³/mol. The quantitative estimate of drug-likeness (QED) is 0.642. The van der Waals surface area contributed by atoms with Crippen molar-refractivity contribution in [2.45, 2.75) is 6.42 Å². The van der Waals surface area contributed by atoms with Gasteiger partial charge in [-0.3, -0.25) is 0 Å². The summed E-state index contributed by atoms with van der Waals surface area (Å²) in [6.07, 6.45) is 0.487. The highest BCUT2D eigenvalue weighted by molar-refractivity contribution is 5.60. The lowest BCUT2D eigenvalue weighted by atomic mass is 10.1. The fourth-order valence-electron chi connectivity index (χ4n) is 2.58. The highest BCUT2D eigenvalue weighted by atomic mass is 16.5. The Morgan fingerprint density at radius 2 is 1.38 bits per heavy atom. The van der Waals surface area contributed by atoms with Crippen molar-refractivity contribution in [3.8, 4) is 34.4 Å². The second-order valence-corrected chi connectivity index (χ2v) is 5.45. The minimum atomic E-state index is 0.487. The van der Waals surface area contributed by atoms with Gasteiger partial charge in [0.05, 0.1) is 34.9 Å². The number of methoxy groups -OCH3 is 4. The van der Waals surface area contributed by atoms with Crippen LogP contribution in [-0.2, 0) is 6.42 Å². The van der Waals surface area contributed by atoms with E-state index in [1.165, 1.54) is 0 Å². The minimum Gasteiger partial charge on any atom is -0.493 e. The van der Waals surface area contributed by atoms with Gasteiger partial charge in [0.1, 0.15) is 0 Å². The van der Waals surface area contributed by atoms with Crippen LogP contribution in [0.1, 0.15) is 11.5 Å². The second-order valence-electron chi connectivity index (χ2n) is 5.45. The Hall–Kier alpha value is -3.22. The molecule has 2 aromatic carbocycles. The van der Waals surface area contributed by atoms with Gasteiger partial charge >= 0.3 is 0 Å². The van der Waals surface area contributed by atoms with E-state index in [9.17, 15) is 0 Å². The van der Waals surface area contributed by atoms with Crippen LogP contribution in [0, 0.1) is 0 Å². The highest BCUT2D eigenvalue weighted by Crippen LogP contribution is 2.32. The molecule has 0 radical (unpaired) electrons. The summed E-state index contributed by atoms with van der Waals surface area (Å²) in [6, 6.07) is 11.1. The Kier molecular flexibility index (Phi) is 5.26. The summed E-state index contributed by atoms with van der Waals surface area (Å²) in [5, 5.41) is 4.05. The summed E-state index contributed by atoms with van der Waals surface area (Å²) >= 11 is 0. The van der Waals surface area contributed by atoms with Gasteiger partial charge in [-0.1, -0.05) is 11.2 Å². The zero-order valence-corrected chi connectivity index (χ0v) is 15.1. The first-order valence-electron chi connectivity index (χ1n) is 7.94. The van der Waals surface area contributed by atoms with Gasteiger partial charge in [-0.2, -0.15) is 4.98 Å². The number of nitrogens with zero attached hydrogens (tertiary/aromatic N) is 2. The molecule has 136 valence electrons. The van der Waals surface area contributed by atoms with E-state index >= 15 is 0 Å². The molecule has 0 aliphatic carbocycles. The number of hydrogen-bond acceptors (Lipinski definition) is 7. The zero-order chi connectivity index (χ0) is 18.5. The van der Waals surface area contributed by atoms with Gasteiger partial charge < -0.3 is 23.5 Å². The van der Waals surface area contributed by atoms with Crippen molar-refractivity contribution in [3.63, 3.8) is 0 Å². The SMILES string of the molecule is COc1ccc(Cc2nc(-c3ccc(OC)c(OC)c3)no2)cc1OC. The summed E-state index contributed by atoms with van der Waals surface area (Å²) < 4.78 is 26.5. The third kappa shape index (κ3) is 3.56. The van der Waals surface area contributed by atoms with Crippen LogP contribution in [0.3, 0.4) is 0 Å². The number of benzene rings is 2. The van der Waals surface area contributed by atoms with Crippen molar-refractivity contribution in [3.05, 3.63) is 47.9 Å². The summed E-state index contributed by atoms with van der Waals surface area (Å²) in [7, 11) is 6.38. The monoisotopic (exact) mass is 356 g/mol. The first kappa shape index (κ1) is 17.6. The van der Waals surface area contributed by atoms with Crippen LogP contribution in [-0.4, -0.2) is 38.6 Å². The molecule has 1 heterocycles. The highest BCUT2D eigenvalue weighted by Gasteiger charge is 2.13. The molecule has 0 saturated carbocycles. The van der Waals surface area contributed by atoms with E-state index in [4.69, 9.17) is 23.5 Å². The molecule has 3 aromatic rings. The molecule has 0 bridgehead atoms. The summed E-state index contributed by atoms with van der Waals surface area (Å²) in [4.78, 5) is 4.46. The molecule has 26 heavy (non-hydrogen) atoms. The topological polar surface area (TPSA) is 75.8 Å². The van der Waals surface area contributed by atoms with Crippen molar-refractivity contribution < 1.29 is 23.5 Å². The summed E-state index contributed by atoms with van der Waals surface area (Å²) in [5.74, 6) is 3.57. The summed E-state index contributed by atoms with van der Waals surface area (Å²) in [5.41, 5.74) is 1.76. The fraction of sp³-hybridized carbons (Fsp3) is 0.263. The van der Waals surface area contributed by atoms with Crippen LogP contribution in [0.15, 0.2) is 40.9 Å². The van der Waals surface area contributed by atoms with Crippen LogP contribution in [0.4, 0.5) is 0 Å². The van der Waals surface area contributed by atoms with E-state index in [0.717, 1.165) is 11.1 Å². The van der Waals surface area contributed by atoms with E-state index < -0.39 is 0 Å². The molecular weight excluding hydrogens is 336 g/mol. The van der Waals surface area contributed by atoms with Gasteiger partial charge in [0.2, 0.25) is 11.7 Å². The van der Waals surface area contributed by atoms with E-state index in [0.29, 0.717) is 41.1 Å². The van der Waals surface area contributed by atoms with Crippen molar-refractivity contribution in [1.29, 1.82) is 0 Å². The number of aromatic nitrogens is 2. The van der Waals surface area contributed by atoms with Gasteiger partial charge in [0, 0.05) is 5.56 Å². The lowest BCUT2D eigenvalue weighted by Crippen LogP contribution is -1.94. The predicted octanol–water partition coefficient (Wildman–Crippen LogP) is 3.36. The zero-order valence-electron chi connectivity index (χ0n) is 15.1. The van der Waals surface area contributed by atoms with E-state index in [-0.39, 0.29) is 0 Å². The van der Waals surface area contributed by atoms with E-state index in [1.807, 2.05) is 30.3 Å². The van der Waals surface area contributed by atoms with Crippen LogP contribution >= 0.6 is 0 Å². The number of rotatable bonds is 7. The molecule has 0 N–H and O–H groups in total. The average molecular weight is 356 g/mol. The molecular formula is C19H20N2O5. The van der Waals surface area contributed by atoms with Crippen LogP contribution in [0.5, 0.6) is 23.0 Å². The van der Waals surface area contributed by atoms with Crippen molar-refractivity contribution in [2.24, 2.45) is 0 Å². The van der Waals surface area contributed by atoms with Crippen LogP contribution < -0.4 is 18.9 Å². The van der Waals surface area contributed by atoms with E-state index in [1.54, 1.807) is 34.5 Å². The lowest BCUT2D eigenvalue weighted by Gasteiger charge is -2.08. The minimum absolute atomic E-state index is 0.487. The maximum Gasteiger partial charge on any atom is 0.231 e. The molecule has 0 aliphatic heterocycles. The van der Waals surface area contributed by atoms with E-state index in [2.05, 4.69) is 10.1 Å². The first-order chi connectivity index (χ1) is 12.7. The molecule has 3 rings (SSSR count). The summed E-state index contributed by atoms with van der Waals surface area (Å²) in [6.45, 7) is 0. The molecule has 0 atom stereocenters. The standard InChI is InChI=1S/C19H20N2O5/c1-22-14-7-5-12(9-16(14)24-3)10-18-20-19(21-26-18)13-6-8-15(23-2)17(11-13)25-4/h5-9,11H,10H2,1-4H3. The Morgan fingerprint density at radius 1 is 0.769 bits per heavy atom. The van der Waals surface area contributed by atoms with Gasteiger partial charge in [-0.15, -0.1) is 0 Å². The van der Waals surface area contributed by atoms with Crippen molar-refractivity contribution in [2.75, 3.05) is 28.4 Å². The molecule has 0 fully saturated rings. The molecule has 0 aliphatic rings. The number of ether oxygens (including phenoxy) is 4. The van der Waals surface area contributed by atoms with Crippen molar-refractivity contribution >= 4 is 0 Å². The van der Waals surface area contributed by atoms with Crippen LogP contribution in [0.25, 0.3) is 11.4 Å². The van der Waals surface area contributed by atoms with Gasteiger partial charge in [-0.05, 0) is 35.9 Å². The number of hydrogen-bond donors (Lipinski definition) is 0. The Balaban J connectivity index is 1.82. The van der Waals surface area contributed by atoms with Gasteiger partial charge in [-0.25, -0.2) is 0 Å². The Bertz CT molecular complexity index is 891. The molecule has 0 amide bonds. The molecule has 7 nitrogen and oxygen atoms in total. The third-order valence-corrected chi connectivity index (χ3v) is 3.91. The smallest absolute Gasteiger partial charge is 0.231 e. The normalized spacial score (nSPS) is 10.5. The Labute approximate surface area is 151 Å². The second kappa shape index (κ2) is 7.77. The molecule has 1 aromatic heterocycles. The van der Waals surface area contributed by atoms with Gasteiger partial charge in [0.15, 0.2) is 23.0 Å². The average Bonchev–Trinajstić information content (AvgIpc) is 3.15. The fourth-order valence-corrected chi connectivity index (χ4v) is 2.58. The molecule has 0 unspecified atom stereocenters. The Morgan fingerprint density at radius 3 is 2.04 bits per heavy atom. The molecule has 0 spiro atoms. The first-order valence-corrected chi connectivity index (χ1v) is 7.94. The third-order valence-electron chi connectivity index (χ3n) is 3.91.